The number of benzene rings is 2. The Kier molecular flexibility index (Phi) is 5.93. The van der Waals surface area contributed by atoms with Gasteiger partial charge in [0.2, 0.25) is 0 Å². The van der Waals surface area contributed by atoms with Crippen molar-refractivity contribution in [3.8, 4) is 17.0 Å². The van der Waals surface area contributed by atoms with E-state index in [1.54, 1.807) is 6.07 Å². The largest absolute Gasteiger partial charge is 0.485 e. The van der Waals surface area contributed by atoms with Gasteiger partial charge in [-0.3, -0.25) is 4.40 Å². The summed E-state index contributed by atoms with van der Waals surface area (Å²) >= 11 is 0. The van der Waals surface area contributed by atoms with Crippen LogP contribution in [0.3, 0.4) is 0 Å². The molecule has 172 valence electrons. The molecule has 0 amide bonds. The first-order valence-corrected chi connectivity index (χ1v) is 10.7. The summed E-state index contributed by atoms with van der Waals surface area (Å²) in [6.07, 6.45) is 2.65. The van der Waals surface area contributed by atoms with Crippen LogP contribution in [0.5, 0.6) is 5.75 Å². The molecule has 2 aromatic carbocycles. The third-order valence-corrected chi connectivity index (χ3v) is 5.37. The molecule has 2 N–H and O–H groups in total. The molecule has 0 unspecified atom stereocenters. The van der Waals surface area contributed by atoms with Gasteiger partial charge in [0.1, 0.15) is 12.4 Å². The van der Waals surface area contributed by atoms with E-state index in [1.807, 2.05) is 56.5 Å². The highest BCUT2D eigenvalue weighted by Gasteiger charge is 2.19. The minimum atomic E-state index is -1.25. The van der Waals surface area contributed by atoms with Gasteiger partial charge in [-0.1, -0.05) is 18.2 Å². The Hall–Kier alpha value is -3.32. The molecular weight excluding hydrogens is 427 g/mol. The van der Waals surface area contributed by atoms with Crippen molar-refractivity contribution in [3.05, 3.63) is 88.5 Å². The molecule has 2 aromatic heterocycles. The van der Waals surface area contributed by atoms with Crippen molar-refractivity contribution < 1.29 is 17.9 Å². The van der Waals surface area contributed by atoms with Gasteiger partial charge in [-0.2, -0.15) is 0 Å². The predicted molar refractivity (Wildman–Crippen MR) is 123 cm³/mol. The van der Waals surface area contributed by atoms with Gasteiger partial charge in [-0.05, 0) is 69.5 Å². The number of aryl methyl sites for hydroxylation is 2. The molecule has 0 radical (unpaired) electrons. The van der Waals surface area contributed by atoms with E-state index in [4.69, 9.17) is 10.5 Å². The molecule has 4 aromatic rings. The molecule has 0 aliphatic rings. The van der Waals surface area contributed by atoms with E-state index in [0.717, 1.165) is 46.6 Å². The molecule has 0 bridgehead atoms. The number of hydrogen-bond donors (Lipinski definition) is 1. The molecule has 0 spiro atoms. The van der Waals surface area contributed by atoms with E-state index >= 15 is 0 Å². The molecule has 4 nitrogen and oxygen atoms in total. The monoisotopic (exact) mass is 453 g/mol. The summed E-state index contributed by atoms with van der Waals surface area (Å²) in [6.45, 7) is 7.29. The van der Waals surface area contributed by atoms with Gasteiger partial charge in [-0.15, -0.1) is 0 Å². The van der Waals surface area contributed by atoms with Gasteiger partial charge in [-0.25, -0.2) is 18.2 Å². The van der Waals surface area contributed by atoms with Gasteiger partial charge in [0.25, 0.3) is 0 Å². The van der Waals surface area contributed by atoms with Crippen LogP contribution < -0.4 is 10.5 Å². The van der Waals surface area contributed by atoms with E-state index in [-0.39, 0.29) is 5.54 Å². The summed E-state index contributed by atoms with van der Waals surface area (Å²) in [5.74, 6) is -2.88. The number of rotatable bonds is 6. The Labute approximate surface area is 190 Å². The van der Waals surface area contributed by atoms with Crippen LogP contribution in [0.15, 0.2) is 48.7 Å². The second-order valence-corrected chi connectivity index (χ2v) is 9.10. The lowest BCUT2D eigenvalue weighted by molar-refractivity contribution is 0.291. The van der Waals surface area contributed by atoms with Gasteiger partial charge in [0.05, 0.1) is 17.0 Å². The number of ether oxygens (including phenoxy) is 1. The van der Waals surface area contributed by atoms with Gasteiger partial charge in [0.15, 0.2) is 23.0 Å². The first-order chi connectivity index (χ1) is 15.5. The SMILES string of the molecule is Cc1cc(OCc2c(F)ccc(F)c2F)c2nc(C)c(-c3cccc(CC(C)(C)N)c3)n2c1. The summed E-state index contributed by atoms with van der Waals surface area (Å²) in [4.78, 5) is 4.66. The summed E-state index contributed by atoms with van der Waals surface area (Å²) in [5.41, 5.74) is 10.5. The molecule has 0 aliphatic heterocycles. The Morgan fingerprint density at radius 3 is 2.48 bits per heavy atom. The lowest BCUT2D eigenvalue weighted by Crippen LogP contribution is -2.34. The van der Waals surface area contributed by atoms with Crippen LogP contribution in [0.2, 0.25) is 0 Å². The topological polar surface area (TPSA) is 52.5 Å². The zero-order valence-electron chi connectivity index (χ0n) is 19.0. The summed E-state index contributed by atoms with van der Waals surface area (Å²) in [7, 11) is 0. The smallest absolute Gasteiger partial charge is 0.180 e. The molecule has 0 aliphatic carbocycles. The third-order valence-electron chi connectivity index (χ3n) is 5.37. The first-order valence-electron chi connectivity index (χ1n) is 10.7. The summed E-state index contributed by atoms with van der Waals surface area (Å²) in [6, 6.07) is 11.5. The van der Waals surface area contributed by atoms with E-state index in [1.165, 1.54) is 0 Å². The van der Waals surface area contributed by atoms with Crippen LogP contribution in [-0.2, 0) is 13.0 Å². The van der Waals surface area contributed by atoms with Crippen molar-refractivity contribution in [2.24, 2.45) is 5.73 Å². The van der Waals surface area contributed by atoms with Crippen molar-refractivity contribution in [1.82, 2.24) is 9.38 Å². The highest BCUT2D eigenvalue weighted by molar-refractivity contribution is 5.71. The highest BCUT2D eigenvalue weighted by atomic mass is 19.2. The number of imidazole rings is 1. The molecule has 0 fully saturated rings. The van der Waals surface area contributed by atoms with Crippen molar-refractivity contribution in [2.45, 2.75) is 46.3 Å². The second-order valence-electron chi connectivity index (χ2n) is 9.10. The lowest BCUT2D eigenvalue weighted by atomic mass is 9.94. The Bertz CT molecular complexity index is 1340. The molecule has 2 heterocycles. The van der Waals surface area contributed by atoms with Crippen LogP contribution in [0.1, 0.15) is 36.2 Å². The van der Waals surface area contributed by atoms with Crippen LogP contribution in [-0.4, -0.2) is 14.9 Å². The number of halogens is 3. The Morgan fingerprint density at radius 1 is 1.03 bits per heavy atom. The fourth-order valence-corrected chi connectivity index (χ4v) is 4.02. The van der Waals surface area contributed by atoms with Crippen LogP contribution in [0.25, 0.3) is 16.9 Å². The number of nitrogens with zero attached hydrogens (tertiary/aromatic N) is 2. The van der Waals surface area contributed by atoms with Crippen molar-refractivity contribution in [1.29, 1.82) is 0 Å². The van der Waals surface area contributed by atoms with Crippen molar-refractivity contribution in [2.75, 3.05) is 0 Å². The summed E-state index contributed by atoms with van der Waals surface area (Å²) < 4.78 is 49.4. The maximum absolute atomic E-state index is 14.1. The van der Waals surface area contributed by atoms with Gasteiger partial charge < -0.3 is 10.5 Å². The fraction of sp³-hybridized carbons (Fsp3) is 0.269. The van der Waals surface area contributed by atoms with E-state index in [9.17, 15) is 13.2 Å². The summed E-state index contributed by atoms with van der Waals surface area (Å²) in [5, 5.41) is 0. The van der Waals surface area contributed by atoms with E-state index in [0.29, 0.717) is 11.4 Å². The van der Waals surface area contributed by atoms with E-state index in [2.05, 4.69) is 11.1 Å². The van der Waals surface area contributed by atoms with Crippen molar-refractivity contribution in [3.63, 3.8) is 0 Å². The minimum absolute atomic E-state index is 0.341. The van der Waals surface area contributed by atoms with E-state index < -0.39 is 29.6 Å². The second kappa shape index (κ2) is 8.56. The third kappa shape index (κ3) is 4.73. The number of aromatic nitrogens is 2. The lowest BCUT2D eigenvalue weighted by Gasteiger charge is -2.18. The maximum Gasteiger partial charge on any atom is 0.180 e. The normalized spacial score (nSPS) is 11.9. The number of nitrogens with two attached hydrogens (primary N) is 1. The highest BCUT2D eigenvalue weighted by Crippen LogP contribution is 2.32. The maximum atomic E-state index is 14.1. The Balaban J connectivity index is 1.75. The number of hydrogen-bond acceptors (Lipinski definition) is 3. The molecule has 0 atom stereocenters. The van der Waals surface area contributed by atoms with Crippen LogP contribution in [0.4, 0.5) is 13.2 Å². The standard InChI is InChI=1S/C26H26F3N3O/c1-15-10-22(33-14-19-20(27)8-9-21(28)23(19)29)25-31-16(2)24(32(25)13-15)18-7-5-6-17(11-18)12-26(3,4)30/h5-11,13H,12,14,30H2,1-4H3. The average molecular weight is 454 g/mol. The van der Waals surface area contributed by atoms with Crippen molar-refractivity contribution >= 4 is 5.65 Å². The minimum Gasteiger partial charge on any atom is -0.485 e. The molecular formula is C26H26F3N3O. The predicted octanol–water partition coefficient (Wildman–Crippen LogP) is 5.89. The quantitative estimate of drug-likeness (QED) is 0.370. The van der Waals surface area contributed by atoms with Crippen LogP contribution in [0, 0.1) is 31.3 Å². The Morgan fingerprint density at radius 2 is 1.76 bits per heavy atom. The average Bonchev–Trinajstić information content (AvgIpc) is 3.05. The van der Waals surface area contributed by atoms with Gasteiger partial charge in [0, 0.05) is 17.3 Å². The fourth-order valence-electron chi connectivity index (χ4n) is 4.02. The zero-order chi connectivity index (χ0) is 23.9. The molecule has 0 saturated heterocycles. The number of fused-ring (bicyclic) bond motifs is 1. The molecule has 33 heavy (non-hydrogen) atoms. The molecule has 7 heteroatoms. The van der Waals surface area contributed by atoms with Crippen LogP contribution >= 0.6 is 0 Å². The number of pyridine rings is 1. The zero-order valence-corrected chi connectivity index (χ0v) is 19.0. The molecule has 0 saturated carbocycles. The molecule has 4 rings (SSSR count). The van der Waals surface area contributed by atoms with Gasteiger partial charge >= 0.3 is 0 Å². The first kappa shape index (κ1) is 22.9.